The van der Waals surface area contributed by atoms with Gasteiger partial charge >= 0.3 is 6.18 Å². The molecule has 6 N–H and O–H groups in total. The molecule has 0 spiro atoms. The van der Waals surface area contributed by atoms with E-state index in [4.69, 9.17) is 9.77 Å². The van der Waals surface area contributed by atoms with Crippen LogP contribution < -0.4 is 20.7 Å². The number of aliphatic imine (C=N–C) groups is 1. The van der Waals surface area contributed by atoms with Crippen LogP contribution in [0.2, 0.25) is 0 Å². The second-order valence-electron chi connectivity index (χ2n) is 7.34. The summed E-state index contributed by atoms with van der Waals surface area (Å²) in [5, 5.41) is 25.0. The van der Waals surface area contributed by atoms with Crippen LogP contribution in [-0.4, -0.2) is 42.4 Å². The minimum Gasteiger partial charge on any atom is -0.363 e. The number of benzene rings is 1. The first-order valence-corrected chi connectivity index (χ1v) is 11.1. The standard InChI is InChI=1S/C17H22F3N7O4S/c18-17(19,20)11-2-1-3-13(8-11)24-15(25-28)14-16(27-31-26-14)23-12-6-4-10(5-7-12)9-22-32(21,29)30/h1-3,8,10,12,22,28H,4-7,9H2,(H,23,27)(H,24,25)(H2,21,29,30). The lowest BCUT2D eigenvalue weighted by atomic mass is 9.86. The topological polar surface area (TPSA) is 168 Å². The summed E-state index contributed by atoms with van der Waals surface area (Å²) in [5.41, 5.74) is 0.855. The molecule has 3 rings (SSSR count). The molecule has 0 radical (unpaired) electrons. The Morgan fingerprint density at radius 3 is 2.59 bits per heavy atom. The second kappa shape index (κ2) is 9.81. The van der Waals surface area contributed by atoms with E-state index >= 15 is 0 Å². The molecule has 1 aliphatic rings. The van der Waals surface area contributed by atoms with E-state index in [1.54, 1.807) is 0 Å². The van der Waals surface area contributed by atoms with Gasteiger partial charge in [0.05, 0.1) is 11.3 Å². The number of aromatic nitrogens is 2. The van der Waals surface area contributed by atoms with Crippen molar-refractivity contribution < 1.29 is 31.4 Å². The van der Waals surface area contributed by atoms with E-state index in [2.05, 4.69) is 25.3 Å². The number of nitrogens with two attached hydrogens (primary N) is 1. The number of alkyl halides is 3. The highest BCUT2D eigenvalue weighted by molar-refractivity contribution is 7.87. The van der Waals surface area contributed by atoms with Crippen LogP contribution in [0.15, 0.2) is 33.9 Å². The number of anilines is 1. The Kier molecular flexibility index (Phi) is 7.33. The van der Waals surface area contributed by atoms with E-state index in [0.717, 1.165) is 25.0 Å². The highest BCUT2D eigenvalue weighted by Crippen LogP contribution is 2.32. The Hall–Kier alpha value is -2.75. The first-order chi connectivity index (χ1) is 15.0. The summed E-state index contributed by atoms with van der Waals surface area (Å²) in [6.07, 6.45) is -1.70. The van der Waals surface area contributed by atoms with Crippen LogP contribution in [0, 0.1) is 5.92 Å². The fourth-order valence-corrected chi connectivity index (χ4v) is 3.86. The van der Waals surface area contributed by atoms with Gasteiger partial charge in [0.15, 0.2) is 11.5 Å². The van der Waals surface area contributed by atoms with Crippen LogP contribution in [0.25, 0.3) is 0 Å². The molecular formula is C17H22F3N7O4S. The minimum absolute atomic E-state index is 0.0112. The lowest BCUT2D eigenvalue weighted by molar-refractivity contribution is -0.137. The van der Waals surface area contributed by atoms with Gasteiger partial charge in [-0.15, -0.1) is 0 Å². The normalized spacial score (nSPS) is 20.2. The van der Waals surface area contributed by atoms with Crippen molar-refractivity contribution in [3.63, 3.8) is 0 Å². The number of amidine groups is 1. The van der Waals surface area contributed by atoms with Crippen molar-refractivity contribution in [2.24, 2.45) is 16.0 Å². The van der Waals surface area contributed by atoms with E-state index in [1.807, 2.05) is 5.48 Å². The smallest absolute Gasteiger partial charge is 0.363 e. The molecule has 1 aromatic heterocycles. The number of hydroxylamine groups is 1. The molecule has 0 atom stereocenters. The average molecular weight is 477 g/mol. The molecule has 1 fully saturated rings. The molecule has 0 unspecified atom stereocenters. The van der Waals surface area contributed by atoms with Gasteiger partial charge in [-0.25, -0.2) is 19.5 Å². The fraction of sp³-hybridized carbons (Fsp3) is 0.471. The predicted octanol–water partition coefficient (Wildman–Crippen LogP) is 1.91. The zero-order valence-corrected chi connectivity index (χ0v) is 17.4. The van der Waals surface area contributed by atoms with Crippen molar-refractivity contribution in [2.75, 3.05) is 11.9 Å². The maximum atomic E-state index is 12.9. The SMILES string of the molecule is NS(=O)(=O)NCC1CCC(Nc2nonc2C(=Nc2cccc(C(F)(F)F)c2)NO)CC1. The maximum absolute atomic E-state index is 12.9. The lowest BCUT2D eigenvalue weighted by Crippen LogP contribution is -2.37. The monoisotopic (exact) mass is 477 g/mol. The van der Waals surface area contributed by atoms with Gasteiger partial charge in [-0.2, -0.15) is 21.6 Å². The van der Waals surface area contributed by atoms with Crippen molar-refractivity contribution in [1.82, 2.24) is 20.5 Å². The molecule has 0 bridgehead atoms. The van der Waals surface area contributed by atoms with Crippen LogP contribution in [0.1, 0.15) is 36.9 Å². The van der Waals surface area contributed by atoms with E-state index in [9.17, 15) is 26.8 Å². The van der Waals surface area contributed by atoms with Gasteiger partial charge in [0.2, 0.25) is 5.82 Å². The van der Waals surface area contributed by atoms with Crippen LogP contribution in [0.3, 0.4) is 0 Å². The molecule has 0 saturated heterocycles. The molecule has 1 aliphatic carbocycles. The van der Waals surface area contributed by atoms with Gasteiger partial charge in [0.1, 0.15) is 0 Å². The fourth-order valence-electron chi connectivity index (χ4n) is 3.39. The molecule has 11 nitrogen and oxygen atoms in total. The van der Waals surface area contributed by atoms with Gasteiger partial charge in [-0.1, -0.05) is 6.07 Å². The number of rotatable bonds is 7. The lowest BCUT2D eigenvalue weighted by Gasteiger charge is -2.28. The zero-order chi connectivity index (χ0) is 23.4. The van der Waals surface area contributed by atoms with E-state index in [-0.39, 0.29) is 41.5 Å². The number of nitrogens with zero attached hydrogens (tertiary/aromatic N) is 3. The van der Waals surface area contributed by atoms with Gasteiger partial charge in [0, 0.05) is 12.6 Å². The van der Waals surface area contributed by atoms with Crippen molar-refractivity contribution in [2.45, 2.75) is 37.9 Å². The molecule has 1 saturated carbocycles. The Morgan fingerprint density at radius 2 is 1.97 bits per heavy atom. The van der Waals surface area contributed by atoms with Crippen molar-refractivity contribution in [3.8, 4) is 0 Å². The molecular weight excluding hydrogens is 455 g/mol. The van der Waals surface area contributed by atoms with Crippen molar-refractivity contribution >= 4 is 27.6 Å². The first-order valence-electron chi connectivity index (χ1n) is 9.58. The predicted molar refractivity (Wildman–Crippen MR) is 107 cm³/mol. The molecule has 1 heterocycles. The minimum atomic E-state index is -4.54. The highest BCUT2D eigenvalue weighted by atomic mass is 32.2. The highest BCUT2D eigenvalue weighted by Gasteiger charge is 2.30. The molecule has 0 aliphatic heterocycles. The van der Waals surface area contributed by atoms with Crippen molar-refractivity contribution in [1.29, 1.82) is 0 Å². The Balaban J connectivity index is 1.68. The number of hydrogen-bond donors (Lipinski definition) is 5. The number of hydrogen-bond acceptors (Lipinski definition) is 8. The Labute approximate surface area is 181 Å². The molecule has 15 heteroatoms. The van der Waals surface area contributed by atoms with Crippen LogP contribution in [-0.2, 0) is 16.4 Å². The first kappa shape index (κ1) is 23.9. The summed E-state index contributed by atoms with van der Waals surface area (Å²) in [6, 6.07) is 4.23. The van der Waals surface area contributed by atoms with Crippen LogP contribution in [0.4, 0.5) is 24.7 Å². The van der Waals surface area contributed by atoms with Crippen molar-refractivity contribution in [3.05, 3.63) is 35.5 Å². The molecule has 0 amide bonds. The third-order valence-electron chi connectivity index (χ3n) is 4.99. The van der Waals surface area contributed by atoms with E-state index < -0.39 is 21.9 Å². The second-order valence-corrected chi connectivity index (χ2v) is 8.72. The van der Waals surface area contributed by atoms with E-state index in [1.165, 1.54) is 12.1 Å². The molecule has 2 aromatic rings. The summed E-state index contributed by atoms with van der Waals surface area (Å²) in [5.74, 6) is 0.0425. The third-order valence-corrected chi connectivity index (χ3v) is 5.56. The van der Waals surface area contributed by atoms with Gasteiger partial charge in [-0.3, -0.25) is 10.7 Å². The van der Waals surface area contributed by atoms with E-state index in [0.29, 0.717) is 12.8 Å². The molecule has 1 aromatic carbocycles. The van der Waals surface area contributed by atoms with Crippen LogP contribution >= 0.6 is 0 Å². The largest absolute Gasteiger partial charge is 0.416 e. The van der Waals surface area contributed by atoms with Gasteiger partial charge in [0.25, 0.3) is 10.2 Å². The summed E-state index contributed by atoms with van der Waals surface area (Å²) < 4.78 is 67.8. The number of nitrogens with one attached hydrogen (secondary N) is 3. The Bertz CT molecular complexity index is 1050. The summed E-state index contributed by atoms with van der Waals surface area (Å²) >= 11 is 0. The van der Waals surface area contributed by atoms with Gasteiger partial charge < -0.3 is 5.32 Å². The maximum Gasteiger partial charge on any atom is 0.416 e. The molecule has 32 heavy (non-hydrogen) atoms. The Morgan fingerprint density at radius 1 is 1.25 bits per heavy atom. The molecule has 176 valence electrons. The number of halogens is 3. The summed E-state index contributed by atoms with van der Waals surface area (Å²) in [4.78, 5) is 3.98. The summed E-state index contributed by atoms with van der Waals surface area (Å²) in [7, 11) is -3.74. The quantitative estimate of drug-likeness (QED) is 0.229. The van der Waals surface area contributed by atoms with Gasteiger partial charge in [-0.05, 0) is 60.1 Å². The van der Waals surface area contributed by atoms with Crippen LogP contribution in [0.5, 0.6) is 0 Å². The summed E-state index contributed by atoms with van der Waals surface area (Å²) in [6.45, 7) is 0.255. The average Bonchev–Trinajstić information content (AvgIpc) is 3.18. The zero-order valence-electron chi connectivity index (χ0n) is 16.6. The third kappa shape index (κ3) is 6.62.